The summed E-state index contributed by atoms with van der Waals surface area (Å²) in [6.07, 6.45) is 4.87. The van der Waals surface area contributed by atoms with Crippen LogP contribution in [-0.2, 0) is 5.41 Å². The van der Waals surface area contributed by atoms with E-state index in [4.69, 9.17) is 0 Å². The van der Waals surface area contributed by atoms with Crippen molar-refractivity contribution in [3.63, 3.8) is 0 Å². The molecule has 1 nitrogen and oxygen atoms in total. The molecule has 0 spiro atoms. The van der Waals surface area contributed by atoms with Gasteiger partial charge >= 0.3 is 0 Å². The summed E-state index contributed by atoms with van der Waals surface area (Å²) in [5.41, 5.74) is 16.7. The molecule has 77 heavy (non-hydrogen) atoms. The van der Waals surface area contributed by atoms with Crippen molar-refractivity contribution in [2.45, 2.75) is 50.5 Å². The first-order valence-electron chi connectivity index (χ1n) is 27.7. The van der Waals surface area contributed by atoms with Gasteiger partial charge in [0, 0.05) is 16.8 Å². The molecule has 0 radical (unpaired) electrons. The largest absolute Gasteiger partial charge is 0.334 e. The summed E-state index contributed by atoms with van der Waals surface area (Å²) in [5.74, 6) is 0. The Morgan fingerprint density at radius 1 is 0.299 bits per heavy atom. The van der Waals surface area contributed by atoms with Crippen LogP contribution >= 0.6 is 0 Å². The fourth-order valence-electron chi connectivity index (χ4n) is 14.9. The zero-order valence-electron chi connectivity index (χ0n) is 43.4. The van der Waals surface area contributed by atoms with E-state index in [9.17, 15) is 0 Å². The molecule has 2 aliphatic rings. The minimum atomic E-state index is -0.0123. The van der Waals surface area contributed by atoms with Crippen molar-refractivity contribution in [2.24, 2.45) is 0 Å². The summed E-state index contributed by atoms with van der Waals surface area (Å²) in [6, 6.07) is 94.5. The highest BCUT2D eigenvalue weighted by Gasteiger charge is 2.57. The van der Waals surface area contributed by atoms with Gasteiger partial charge < -0.3 is 4.90 Å². The number of benzene rings is 14. The highest BCUT2D eigenvalue weighted by Crippen LogP contribution is 2.61. The molecule has 0 amide bonds. The molecule has 1 aliphatic heterocycles. The maximum atomic E-state index is 2.68. The Kier molecular flexibility index (Phi) is 9.62. The van der Waals surface area contributed by atoms with Gasteiger partial charge in [-0.2, -0.15) is 0 Å². The summed E-state index contributed by atoms with van der Waals surface area (Å²) in [6.45, 7) is 5.08. The van der Waals surface area contributed by atoms with E-state index in [2.05, 4.69) is 267 Å². The van der Waals surface area contributed by atoms with E-state index in [1.54, 1.807) is 0 Å². The third kappa shape index (κ3) is 6.35. The van der Waals surface area contributed by atoms with E-state index in [1.807, 2.05) is 0 Å². The molecule has 1 aliphatic carbocycles. The van der Waals surface area contributed by atoms with Crippen LogP contribution in [0.15, 0.2) is 249 Å². The van der Waals surface area contributed by atoms with Gasteiger partial charge in [-0.25, -0.2) is 0 Å². The molecule has 0 bridgehead atoms. The van der Waals surface area contributed by atoms with Crippen molar-refractivity contribution in [1.82, 2.24) is 0 Å². The zero-order valence-corrected chi connectivity index (χ0v) is 43.4. The Morgan fingerprint density at radius 3 is 1.19 bits per heavy atom. The smallest absolute Gasteiger partial charge is 0.0517 e. The predicted molar refractivity (Wildman–Crippen MR) is 330 cm³/mol. The molecule has 0 N–H and O–H groups in total. The number of hydrogen-bond acceptors (Lipinski definition) is 1. The average molecular weight is 982 g/mol. The maximum absolute atomic E-state index is 2.68. The SMILES string of the molecule is CC12CCCCC1(C)N(c1ccccc1)c1ccc(-c3cccc4c(-c5cc(-c6cccc7ccccc67)c6ccc7c(-c8cccc9ccccc89)cc(-c8cccc9ccccc89)c8ccc5c6c78)cccc34)cc12. The Labute approximate surface area is 449 Å². The second-order valence-corrected chi connectivity index (χ2v) is 22.5. The van der Waals surface area contributed by atoms with Crippen LogP contribution in [0.25, 0.3) is 131 Å². The lowest BCUT2D eigenvalue weighted by atomic mass is 9.61. The van der Waals surface area contributed by atoms with Crippen molar-refractivity contribution < 1.29 is 0 Å². The van der Waals surface area contributed by atoms with Crippen molar-refractivity contribution >= 4 is 86.8 Å². The van der Waals surface area contributed by atoms with Crippen LogP contribution in [0, 0.1) is 0 Å². The van der Waals surface area contributed by atoms with E-state index in [0.717, 1.165) is 0 Å². The molecule has 1 saturated carbocycles. The van der Waals surface area contributed by atoms with Crippen molar-refractivity contribution in [2.75, 3.05) is 4.90 Å². The van der Waals surface area contributed by atoms with Crippen molar-refractivity contribution in [3.05, 3.63) is 254 Å². The second-order valence-electron chi connectivity index (χ2n) is 22.5. The van der Waals surface area contributed by atoms with Gasteiger partial charge in [-0.1, -0.05) is 232 Å². The molecular weight excluding hydrogens is 927 g/mol. The monoisotopic (exact) mass is 981 g/mol. The van der Waals surface area contributed by atoms with Crippen LogP contribution in [0.1, 0.15) is 45.1 Å². The van der Waals surface area contributed by atoms with E-state index < -0.39 is 0 Å². The van der Waals surface area contributed by atoms with Gasteiger partial charge in [0.25, 0.3) is 0 Å². The normalized spacial score (nSPS) is 17.4. The molecule has 1 fully saturated rings. The summed E-state index contributed by atoms with van der Waals surface area (Å²) < 4.78 is 0. The second kappa shape index (κ2) is 16.7. The standard InChI is InChI=1S/C76H55N/c1-75-43-12-13-44-76(75,2)77(52-25-4-3-5-26-52)72-42-37-51(45-71(72)75)56-30-17-35-61-57(56)34-18-36-62(61)70-47-69(60-33-16-24-50-21-8-11-29-55(50)60)65-39-38-63-67(58-31-14-22-48-19-6-9-27-53(48)58)46-68(64-40-41-66(70)74(65)73(63)64)59-32-15-23-49-20-7-10-28-54(49)59/h3-11,14-42,45-47H,12-13,43-44H2,1-2H3. The van der Waals surface area contributed by atoms with Crippen LogP contribution in [0.4, 0.5) is 11.4 Å². The van der Waals surface area contributed by atoms with Crippen LogP contribution in [-0.4, -0.2) is 5.54 Å². The summed E-state index contributed by atoms with van der Waals surface area (Å²) in [5, 5.41) is 17.7. The predicted octanol–water partition coefficient (Wildman–Crippen LogP) is 21.3. The topological polar surface area (TPSA) is 3.24 Å². The van der Waals surface area contributed by atoms with Crippen molar-refractivity contribution in [1.29, 1.82) is 0 Å². The molecule has 2 unspecified atom stereocenters. The Morgan fingerprint density at radius 2 is 0.688 bits per heavy atom. The van der Waals surface area contributed by atoms with E-state index in [1.165, 1.54) is 174 Å². The Hall–Kier alpha value is -9.04. The van der Waals surface area contributed by atoms with Crippen molar-refractivity contribution in [3.8, 4) is 55.6 Å². The van der Waals surface area contributed by atoms with Gasteiger partial charge in [0.15, 0.2) is 0 Å². The number of hydrogen-bond donors (Lipinski definition) is 0. The fraction of sp³-hybridized carbons (Fsp3) is 0.105. The van der Waals surface area contributed by atoms with E-state index >= 15 is 0 Å². The van der Waals surface area contributed by atoms with Crippen LogP contribution in [0.2, 0.25) is 0 Å². The van der Waals surface area contributed by atoms with Gasteiger partial charge in [0.1, 0.15) is 0 Å². The maximum Gasteiger partial charge on any atom is 0.0517 e. The van der Waals surface area contributed by atoms with Gasteiger partial charge in [-0.05, 0) is 193 Å². The number of nitrogens with zero attached hydrogens (tertiary/aromatic N) is 1. The molecule has 1 heterocycles. The molecule has 0 saturated heterocycles. The lowest BCUT2D eigenvalue weighted by Gasteiger charge is -2.50. The molecule has 14 aromatic carbocycles. The van der Waals surface area contributed by atoms with Crippen LogP contribution < -0.4 is 4.90 Å². The Bertz CT molecular complexity index is 4620. The molecule has 16 rings (SSSR count). The molecule has 0 aromatic heterocycles. The number of para-hydroxylation sites is 1. The third-order valence-corrected chi connectivity index (χ3v) is 18.8. The molecule has 14 aromatic rings. The molecule has 1 heteroatoms. The number of fused-ring (bicyclic) bond motifs is 7. The lowest BCUT2D eigenvalue weighted by Crippen LogP contribution is -2.54. The van der Waals surface area contributed by atoms with E-state index in [-0.39, 0.29) is 11.0 Å². The first-order chi connectivity index (χ1) is 37.9. The van der Waals surface area contributed by atoms with Gasteiger partial charge in [-0.15, -0.1) is 0 Å². The van der Waals surface area contributed by atoms with Gasteiger partial charge in [0.05, 0.1) is 5.54 Å². The first kappa shape index (κ1) is 44.3. The lowest BCUT2D eigenvalue weighted by molar-refractivity contribution is 0.195. The van der Waals surface area contributed by atoms with Crippen LogP contribution in [0.5, 0.6) is 0 Å². The fourth-order valence-corrected chi connectivity index (χ4v) is 14.9. The van der Waals surface area contributed by atoms with Gasteiger partial charge in [0.2, 0.25) is 0 Å². The highest BCUT2D eigenvalue weighted by molar-refractivity contribution is 6.34. The van der Waals surface area contributed by atoms with E-state index in [0.29, 0.717) is 0 Å². The zero-order chi connectivity index (χ0) is 51.0. The summed E-state index contributed by atoms with van der Waals surface area (Å²) in [4.78, 5) is 2.68. The highest BCUT2D eigenvalue weighted by atomic mass is 15.3. The molecule has 364 valence electrons. The minimum absolute atomic E-state index is 0.0123. The Balaban J connectivity index is 0.986. The molecule has 2 atom stereocenters. The quantitative estimate of drug-likeness (QED) is 0.150. The first-order valence-corrected chi connectivity index (χ1v) is 27.7. The summed E-state index contributed by atoms with van der Waals surface area (Å²) in [7, 11) is 0. The number of anilines is 2. The van der Waals surface area contributed by atoms with Crippen LogP contribution in [0.3, 0.4) is 0 Å². The minimum Gasteiger partial charge on any atom is -0.334 e. The summed E-state index contributed by atoms with van der Waals surface area (Å²) >= 11 is 0. The molecular formula is C76H55N. The average Bonchev–Trinajstić information content (AvgIpc) is 3.89. The number of rotatable bonds is 6. The third-order valence-electron chi connectivity index (χ3n) is 18.8. The van der Waals surface area contributed by atoms with Gasteiger partial charge in [-0.3, -0.25) is 0 Å².